The summed E-state index contributed by atoms with van der Waals surface area (Å²) in [5.74, 6) is 0.721. The standard InChI is InChI=1S/C20H19NO5S2/c1-12(22)21-16-10-15(6-7-17(16)23)18(24)11-26-19(25)13-2-4-14(5-3-13)20-27-8-9-28-20/h2-7,10,20,23H,8-9,11H2,1H3,(H,21,22). The van der Waals surface area contributed by atoms with Crippen molar-refractivity contribution >= 4 is 46.9 Å². The van der Waals surface area contributed by atoms with Gasteiger partial charge in [-0.15, -0.1) is 23.5 Å². The Morgan fingerprint density at radius 3 is 2.36 bits per heavy atom. The topological polar surface area (TPSA) is 92.7 Å². The second kappa shape index (κ2) is 9.16. The van der Waals surface area contributed by atoms with E-state index >= 15 is 0 Å². The van der Waals surface area contributed by atoms with Crippen LogP contribution in [-0.2, 0) is 9.53 Å². The van der Waals surface area contributed by atoms with Crippen LogP contribution in [-0.4, -0.2) is 40.9 Å². The van der Waals surface area contributed by atoms with Gasteiger partial charge in [-0.05, 0) is 35.9 Å². The highest BCUT2D eigenvalue weighted by atomic mass is 32.2. The van der Waals surface area contributed by atoms with Gasteiger partial charge in [-0.2, -0.15) is 0 Å². The number of anilines is 1. The minimum absolute atomic E-state index is 0.128. The van der Waals surface area contributed by atoms with E-state index in [2.05, 4.69) is 5.32 Å². The molecule has 6 nitrogen and oxygen atoms in total. The molecule has 0 aliphatic carbocycles. The molecule has 0 unspecified atom stereocenters. The molecule has 0 spiro atoms. The van der Waals surface area contributed by atoms with Gasteiger partial charge in [0.2, 0.25) is 5.91 Å². The van der Waals surface area contributed by atoms with E-state index in [1.54, 1.807) is 12.1 Å². The number of carbonyl (C=O) groups is 3. The average Bonchev–Trinajstić information content (AvgIpc) is 3.22. The molecule has 0 saturated carbocycles. The summed E-state index contributed by atoms with van der Waals surface area (Å²) < 4.78 is 5.51. The Hall–Kier alpha value is -2.45. The van der Waals surface area contributed by atoms with E-state index in [-0.39, 0.29) is 22.9 Å². The number of ketones is 1. The lowest BCUT2D eigenvalue weighted by Crippen LogP contribution is -2.15. The van der Waals surface area contributed by atoms with Gasteiger partial charge in [-0.25, -0.2) is 4.79 Å². The van der Waals surface area contributed by atoms with Crippen LogP contribution in [0.5, 0.6) is 5.75 Å². The molecule has 146 valence electrons. The van der Waals surface area contributed by atoms with Gasteiger partial charge in [-0.1, -0.05) is 12.1 Å². The molecule has 0 aromatic heterocycles. The number of ether oxygens (including phenoxy) is 1. The van der Waals surface area contributed by atoms with Gasteiger partial charge in [0, 0.05) is 24.0 Å². The van der Waals surface area contributed by atoms with Crippen molar-refractivity contribution in [1.29, 1.82) is 0 Å². The van der Waals surface area contributed by atoms with E-state index < -0.39 is 18.4 Å². The van der Waals surface area contributed by atoms with Crippen molar-refractivity contribution in [1.82, 2.24) is 0 Å². The summed E-state index contributed by atoms with van der Waals surface area (Å²) in [6, 6.07) is 11.3. The van der Waals surface area contributed by atoms with Crippen LogP contribution >= 0.6 is 23.5 Å². The smallest absolute Gasteiger partial charge is 0.338 e. The van der Waals surface area contributed by atoms with E-state index in [4.69, 9.17) is 4.74 Å². The van der Waals surface area contributed by atoms with Crippen molar-refractivity contribution < 1.29 is 24.2 Å². The Kier molecular flexibility index (Phi) is 6.64. The summed E-state index contributed by atoms with van der Waals surface area (Å²) in [5, 5.41) is 12.2. The SMILES string of the molecule is CC(=O)Nc1cc(C(=O)COC(=O)c2ccc(C3SCCS3)cc2)ccc1O. The molecular formula is C20H19NO5S2. The minimum Gasteiger partial charge on any atom is -0.506 e. The lowest BCUT2D eigenvalue weighted by molar-refractivity contribution is -0.114. The average molecular weight is 418 g/mol. The maximum absolute atomic E-state index is 12.3. The number of rotatable bonds is 6. The first kappa shape index (κ1) is 20.3. The van der Waals surface area contributed by atoms with Crippen molar-refractivity contribution in [3.05, 3.63) is 59.2 Å². The first-order chi connectivity index (χ1) is 13.4. The van der Waals surface area contributed by atoms with Crippen LogP contribution in [0.15, 0.2) is 42.5 Å². The van der Waals surface area contributed by atoms with E-state index in [0.29, 0.717) is 10.1 Å². The Morgan fingerprint density at radius 1 is 1.07 bits per heavy atom. The maximum atomic E-state index is 12.3. The number of amides is 1. The Morgan fingerprint density at radius 2 is 1.71 bits per heavy atom. The van der Waals surface area contributed by atoms with Gasteiger partial charge in [-0.3, -0.25) is 9.59 Å². The molecule has 3 rings (SSSR count). The van der Waals surface area contributed by atoms with Crippen molar-refractivity contribution in [2.24, 2.45) is 0 Å². The van der Waals surface area contributed by atoms with Gasteiger partial charge in [0.1, 0.15) is 5.75 Å². The summed E-state index contributed by atoms with van der Waals surface area (Å²) in [5.41, 5.74) is 1.90. The third-order valence-electron chi connectivity index (χ3n) is 4.00. The fourth-order valence-corrected chi connectivity index (χ4v) is 5.48. The molecule has 1 aliphatic heterocycles. The number of phenolic OH excluding ortho intramolecular Hbond substituents is 1. The highest BCUT2D eigenvalue weighted by Gasteiger charge is 2.19. The van der Waals surface area contributed by atoms with Gasteiger partial charge in [0.15, 0.2) is 12.4 Å². The molecule has 8 heteroatoms. The van der Waals surface area contributed by atoms with Crippen molar-refractivity contribution in [3.63, 3.8) is 0 Å². The van der Waals surface area contributed by atoms with Gasteiger partial charge in [0.05, 0.1) is 15.8 Å². The summed E-state index contributed by atoms with van der Waals surface area (Å²) >= 11 is 3.77. The fraction of sp³-hybridized carbons (Fsp3) is 0.250. The molecular weight excluding hydrogens is 398 g/mol. The molecule has 1 fully saturated rings. The molecule has 1 saturated heterocycles. The highest BCUT2D eigenvalue weighted by Crippen LogP contribution is 2.45. The molecule has 0 radical (unpaired) electrons. The number of Topliss-reactive ketones (excluding diaryl/α,β-unsaturated/α-hetero) is 1. The number of thioether (sulfide) groups is 2. The van der Waals surface area contributed by atoms with Crippen LogP contribution in [0.1, 0.15) is 37.8 Å². The number of nitrogens with one attached hydrogen (secondary N) is 1. The van der Waals surface area contributed by atoms with E-state index in [0.717, 1.165) is 17.1 Å². The zero-order valence-corrected chi connectivity index (χ0v) is 16.8. The number of carbonyl (C=O) groups excluding carboxylic acids is 3. The van der Waals surface area contributed by atoms with Gasteiger partial charge < -0.3 is 15.2 Å². The number of hydrogen-bond acceptors (Lipinski definition) is 7. The Bertz CT molecular complexity index is 892. The van der Waals surface area contributed by atoms with Crippen molar-refractivity contribution in [2.45, 2.75) is 11.5 Å². The molecule has 2 aromatic carbocycles. The fourth-order valence-electron chi connectivity index (χ4n) is 2.62. The summed E-state index contributed by atoms with van der Waals surface area (Å²) in [6.45, 7) is 0.865. The third-order valence-corrected chi connectivity index (χ3v) is 7.11. The van der Waals surface area contributed by atoms with Crippen LogP contribution in [0.4, 0.5) is 5.69 Å². The highest BCUT2D eigenvalue weighted by molar-refractivity contribution is 8.19. The predicted molar refractivity (Wildman–Crippen MR) is 111 cm³/mol. The molecule has 1 heterocycles. The largest absolute Gasteiger partial charge is 0.506 e. The first-order valence-electron chi connectivity index (χ1n) is 8.58. The van der Waals surface area contributed by atoms with Crippen molar-refractivity contribution in [2.75, 3.05) is 23.4 Å². The molecule has 0 atom stereocenters. The second-order valence-corrected chi connectivity index (χ2v) is 8.83. The number of aromatic hydroxyl groups is 1. The monoisotopic (exact) mass is 417 g/mol. The second-order valence-electron chi connectivity index (χ2n) is 6.11. The zero-order valence-electron chi connectivity index (χ0n) is 15.1. The van der Waals surface area contributed by atoms with Crippen LogP contribution in [0.3, 0.4) is 0 Å². The molecule has 1 amide bonds. The number of hydrogen-bond donors (Lipinski definition) is 2. The number of benzene rings is 2. The number of phenols is 1. The summed E-state index contributed by atoms with van der Waals surface area (Å²) in [4.78, 5) is 35.6. The van der Waals surface area contributed by atoms with Crippen LogP contribution < -0.4 is 5.32 Å². The summed E-state index contributed by atoms with van der Waals surface area (Å²) in [7, 11) is 0. The van der Waals surface area contributed by atoms with Crippen molar-refractivity contribution in [3.8, 4) is 5.75 Å². The molecule has 2 aromatic rings. The minimum atomic E-state index is -0.576. The lowest BCUT2D eigenvalue weighted by Gasteiger charge is -2.10. The first-order valence-corrected chi connectivity index (χ1v) is 10.7. The Labute approximate surface area is 171 Å². The van der Waals surface area contributed by atoms with Crippen LogP contribution in [0.2, 0.25) is 0 Å². The predicted octanol–water partition coefficient (Wildman–Crippen LogP) is 3.87. The maximum Gasteiger partial charge on any atom is 0.338 e. The normalized spacial score (nSPS) is 13.9. The number of esters is 1. The summed E-state index contributed by atoms with van der Waals surface area (Å²) in [6.07, 6.45) is 0. The van der Waals surface area contributed by atoms with Crippen LogP contribution in [0, 0.1) is 0 Å². The molecule has 28 heavy (non-hydrogen) atoms. The zero-order chi connectivity index (χ0) is 20.1. The van der Waals surface area contributed by atoms with Gasteiger partial charge in [0.25, 0.3) is 0 Å². The lowest BCUT2D eigenvalue weighted by atomic mass is 10.1. The van der Waals surface area contributed by atoms with E-state index in [9.17, 15) is 19.5 Å². The quantitative estimate of drug-likeness (QED) is 0.419. The molecule has 0 bridgehead atoms. The Balaban J connectivity index is 1.59. The van der Waals surface area contributed by atoms with E-state index in [1.807, 2.05) is 35.7 Å². The van der Waals surface area contributed by atoms with E-state index in [1.165, 1.54) is 25.1 Å². The van der Waals surface area contributed by atoms with Crippen LogP contribution in [0.25, 0.3) is 0 Å². The van der Waals surface area contributed by atoms with Gasteiger partial charge >= 0.3 is 5.97 Å². The molecule has 2 N–H and O–H groups in total. The molecule has 1 aliphatic rings. The third kappa shape index (κ3) is 5.08.